The summed E-state index contributed by atoms with van der Waals surface area (Å²) in [6.07, 6.45) is 4.29. The number of hydrogen-bond acceptors (Lipinski definition) is 1. The second kappa shape index (κ2) is 3.04. The zero-order valence-corrected chi connectivity index (χ0v) is 6.34. The van der Waals surface area contributed by atoms with Crippen molar-refractivity contribution in [3.8, 4) is 0 Å². The first-order valence-corrected chi connectivity index (χ1v) is 3.94. The molecule has 0 aromatic heterocycles. The van der Waals surface area contributed by atoms with Crippen LogP contribution in [0.25, 0.3) is 0 Å². The van der Waals surface area contributed by atoms with E-state index in [1.807, 2.05) is 6.92 Å². The van der Waals surface area contributed by atoms with Gasteiger partial charge < -0.3 is 5.11 Å². The minimum Gasteiger partial charge on any atom is -0.481 e. The Balaban J connectivity index is 2.47. The van der Waals surface area contributed by atoms with E-state index < -0.39 is 5.97 Å². The predicted octanol–water partition coefficient (Wildman–Crippen LogP) is 1.90. The van der Waals surface area contributed by atoms with Crippen molar-refractivity contribution in [3.05, 3.63) is 0 Å². The smallest absolute Gasteiger partial charge is 0.306 e. The number of carboxylic acids is 1. The van der Waals surface area contributed by atoms with Crippen LogP contribution in [0.4, 0.5) is 0 Å². The lowest BCUT2D eigenvalue weighted by Gasteiger charge is -2.24. The molecule has 1 aliphatic carbocycles. The summed E-state index contributed by atoms with van der Waals surface area (Å²) in [5.74, 6) is -0.271. The van der Waals surface area contributed by atoms with Crippen molar-refractivity contribution in [1.82, 2.24) is 0 Å². The van der Waals surface area contributed by atoms with Gasteiger partial charge in [-0.15, -0.1) is 0 Å². The summed E-state index contributed by atoms with van der Waals surface area (Å²) >= 11 is 0. The zero-order valence-electron chi connectivity index (χ0n) is 6.34. The summed E-state index contributed by atoms with van der Waals surface area (Å²) in [7, 11) is 0. The molecule has 0 bridgehead atoms. The van der Waals surface area contributed by atoms with Crippen molar-refractivity contribution >= 4 is 5.97 Å². The lowest BCUT2D eigenvalue weighted by Crippen LogP contribution is -2.24. The van der Waals surface area contributed by atoms with Crippen molar-refractivity contribution in [2.45, 2.75) is 32.6 Å². The van der Waals surface area contributed by atoms with Crippen LogP contribution in [0.5, 0.6) is 0 Å². The fraction of sp³-hybridized carbons (Fsp3) is 0.875. The minimum atomic E-state index is -0.604. The molecule has 1 N–H and O–H groups in total. The Labute approximate surface area is 61.2 Å². The summed E-state index contributed by atoms with van der Waals surface area (Å²) in [5.41, 5.74) is 0. The van der Waals surface area contributed by atoms with Gasteiger partial charge in [0.05, 0.1) is 5.92 Å². The van der Waals surface area contributed by atoms with E-state index in [4.69, 9.17) is 5.11 Å². The van der Waals surface area contributed by atoms with E-state index in [2.05, 4.69) is 0 Å². The molecule has 2 nitrogen and oxygen atoms in total. The molecule has 0 aliphatic heterocycles. The van der Waals surface area contributed by atoms with E-state index in [0.29, 0.717) is 5.92 Å². The number of aliphatic carboxylic acids is 1. The third-order valence-electron chi connectivity index (χ3n) is 2.43. The minimum absolute atomic E-state index is 0.0613. The van der Waals surface area contributed by atoms with E-state index in [1.54, 1.807) is 0 Å². The van der Waals surface area contributed by atoms with Crippen LogP contribution in [-0.2, 0) is 4.79 Å². The Kier molecular flexibility index (Phi) is 2.30. The molecule has 0 aromatic rings. The molecule has 1 fully saturated rings. The Morgan fingerprint density at radius 1 is 1.40 bits per heavy atom. The van der Waals surface area contributed by atoms with Crippen LogP contribution in [-0.4, -0.2) is 11.1 Å². The molecule has 1 rings (SSSR count). The Morgan fingerprint density at radius 3 is 2.40 bits per heavy atom. The highest BCUT2D eigenvalue weighted by molar-refractivity contribution is 5.70. The van der Waals surface area contributed by atoms with Crippen LogP contribution >= 0.6 is 0 Å². The fourth-order valence-corrected chi connectivity index (χ4v) is 1.68. The Morgan fingerprint density at radius 2 is 2.00 bits per heavy atom. The monoisotopic (exact) mass is 142 g/mol. The van der Waals surface area contributed by atoms with E-state index in [1.165, 1.54) is 6.42 Å². The molecule has 10 heavy (non-hydrogen) atoms. The maximum absolute atomic E-state index is 10.6. The molecule has 2 heteroatoms. The fourth-order valence-electron chi connectivity index (χ4n) is 1.68. The van der Waals surface area contributed by atoms with Gasteiger partial charge >= 0.3 is 5.97 Å². The van der Waals surface area contributed by atoms with Gasteiger partial charge in [-0.2, -0.15) is 0 Å². The number of rotatable bonds is 1. The van der Waals surface area contributed by atoms with Gasteiger partial charge in [0.25, 0.3) is 0 Å². The molecule has 0 aromatic carbocycles. The van der Waals surface area contributed by atoms with Crippen molar-refractivity contribution in [3.63, 3.8) is 0 Å². The molecule has 0 radical (unpaired) electrons. The van der Waals surface area contributed by atoms with Crippen LogP contribution in [0, 0.1) is 11.8 Å². The Bertz CT molecular complexity index is 131. The molecule has 0 saturated heterocycles. The highest BCUT2D eigenvalue weighted by Crippen LogP contribution is 2.29. The average molecular weight is 142 g/mol. The second-order valence-electron chi connectivity index (χ2n) is 3.21. The van der Waals surface area contributed by atoms with Crippen molar-refractivity contribution in [2.24, 2.45) is 11.8 Å². The van der Waals surface area contributed by atoms with E-state index in [-0.39, 0.29) is 5.92 Å². The SMILES string of the molecule is C[C@H]1CCCCC1C(=O)O. The maximum Gasteiger partial charge on any atom is 0.306 e. The van der Waals surface area contributed by atoms with Crippen molar-refractivity contribution in [1.29, 1.82) is 0 Å². The van der Waals surface area contributed by atoms with Crippen molar-refractivity contribution < 1.29 is 9.90 Å². The molecule has 1 aliphatic rings. The second-order valence-corrected chi connectivity index (χ2v) is 3.21. The first kappa shape index (κ1) is 7.58. The third kappa shape index (κ3) is 1.49. The van der Waals surface area contributed by atoms with Gasteiger partial charge in [-0.25, -0.2) is 0 Å². The molecule has 1 unspecified atom stereocenters. The maximum atomic E-state index is 10.6. The number of carboxylic acid groups (broad SMARTS) is 1. The highest BCUT2D eigenvalue weighted by atomic mass is 16.4. The molecule has 1 saturated carbocycles. The summed E-state index contributed by atoms with van der Waals surface area (Å²) < 4.78 is 0. The van der Waals surface area contributed by atoms with Gasteiger partial charge in [0.2, 0.25) is 0 Å². The zero-order chi connectivity index (χ0) is 7.56. The Hall–Kier alpha value is -0.530. The molecule has 0 heterocycles. The summed E-state index contributed by atoms with van der Waals surface area (Å²) in [5, 5.41) is 8.71. The van der Waals surface area contributed by atoms with Gasteiger partial charge in [0.15, 0.2) is 0 Å². The standard InChI is InChI=1S/C8H14O2/c1-6-4-2-3-5-7(6)8(9)10/h6-7H,2-5H2,1H3,(H,9,10)/t6-,7?/m0/s1. The molecule has 2 atom stereocenters. The van der Waals surface area contributed by atoms with Gasteiger partial charge in [-0.1, -0.05) is 19.8 Å². The summed E-state index contributed by atoms with van der Waals surface area (Å²) in [4.78, 5) is 10.6. The van der Waals surface area contributed by atoms with Crippen LogP contribution in [0.2, 0.25) is 0 Å². The topological polar surface area (TPSA) is 37.3 Å². The van der Waals surface area contributed by atoms with Gasteiger partial charge in [0, 0.05) is 0 Å². The lowest BCUT2D eigenvalue weighted by atomic mass is 9.81. The van der Waals surface area contributed by atoms with E-state index >= 15 is 0 Å². The summed E-state index contributed by atoms with van der Waals surface area (Å²) in [6, 6.07) is 0. The highest BCUT2D eigenvalue weighted by Gasteiger charge is 2.26. The van der Waals surface area contributed by atoms with Crippen LogP contribution in [0.1, 0.15) is 32.6 Å². The quantitative estimate of drug-likeness (QED) is 0.607. The summed E-state index contributed by atoms with van der Waals surface area (Å²) in [6.45, 7) is 2.04. The molecule has 0 spiro atoms. The predicted molar refractivity (Wildman–Crippen MR) is 38.8 cm³/mol. The van der Waals surface area contributed by atoms with Crippen molar-refractivity contribution in [2.75, 3.05) is 0 Å². The number of carbonyl (C=O) groups is 1. The largest absolute Gasteiger partial charge is 0.481 e. The van der Waals surface area contributed by atoms with Crippen LogP contribution in [0.15, 0.2) is 0 Å². The van der Waals surface area contributed by atoms with Gasteiger partial charge in [-0.3, -0.25) is 4.79 Å². The third-order valence-corrected chi connectivity index (χ3v) is 2.43. The van der Waals surface area contributed by atoms with Gasteiger partial charge in [0.1, 0.15) is 0 Å². The van der Waals surface area contributed by atoms with Crippen LogP contribution in [0.3, 0.4) is 0 Å². The normalized spacial score (nSPS) is 33.7. The average Bonchev–Trinajstić information content (AvgIpc) is 1.88. The molecular formula is C8H14O2. The number of hydrogen-bond donors (Lipinski definition) is 1. The molecular weight excluding hydrogens is 128 g/mol. The first-order chi connectivity index (χ1) is 4.72. The molecule has 58 valence electrons. The van der Waals surface area contributed by atoms with Gasteiger partial charge in [-0.05, 0) is 18.8 Å². The van der Waals surface area contributed by atoms with E-state index in [0.717, 1.165) is 19.3 Å². The molecule has 0 amide bonds. The van der Waals surface area contributed by atoms with Crippen LogP contribution < -0.4 is 0 Å². The van der Waals surface area contributed by atoms with E-state index in [9.17, 15) is 4.79 Å². The first-order valence-electron chi connectivity index (χ1n) is 3.94. The lowest BCUT2D eigenvalue weighted by molar-refractivity contribution is -0.144.